The SMILES string of the molecule is CCCCCCOc1c(O)c2ccccc2oc1=O. The van der Waals surface area contributed by atoms with E-state index in [0.29, 0.717) is 17.6 Å². The summed E-state index contributed by atoms with van der Waals surface area (Å²) in [7, 11) is 0. The maximum atomic E-state index is 11.7. The molecule has 2 aromatic rings. The Morgan fingerprint density at radius 3 is 2.79 bits per heavy atom. The van der Waals surface area contributed by atoms with Crippen molar-refractivity contribution in [2.75, 3.05) is 6.61 Å². The normalized spacial score (nSPS) is 10.8. The molecule has 19 heavy (non-hydrogen) atoms. The monoisotopic (exact) mass is 262 g/mol. The number of hydrogen-bond donors (Lipinski definition) is 1. The third-order valence-electron chi connectivity index (χ3n) is 2.99. The molecule has 0 aliphatic carbocycles. The maximum absolute atomic E-state index is 11.7. The Kier molecular flexibility index (Phi) is 4.44. The van der Waals surface area contributed by atoms with Crippen LogP contribution in [0.2, 0.25) is 0 Å². The summed E-state index contributed by atoms with van der Waals surface area (Å²) in [5.74, 6) is -0.225. The molecule has 0 bridgehead atoms. The Bertz CT molecular complexity index is 601. The molecule has 0 saturated heterocycles. The number of rotatable bonds is 6. The van der Waals surface area contributed by atoms with Gasteiger partial charge in [-0.2, -0.15) is 0 Å². The summed E-state index contributed by atoms with van der Waals surface area (Å²) in [6.07, 6.45) is 4.20. The summed E-state index contributed by atoms with van der Waals surface area (Å²) in [6, 6.07) is 6.85. The molecule has 2 rings (SSSR count). The van der Waals surface area contributed by atoms with Crippen molar-refractivity contribution in [3.8, 4) is 11.5 Å². The molecule has 4 heteroatoms. The van der Waals surface area contributed by atoms with Gasteiger partial charge in [-0.15, -0.1) is 0 Å². The molecule has 1 aromatic heterocycles. The first-order valence-electron chi connectivity index (χ1n) is 6.61. The molecule has 0 aliphatic rings. The molecule has 102 valence electrons. The smallest absolute Gasteiger partial charge is 0.383 e. The predicted octanol–water partition coefficient (Wildman–Crippen LogP) is 3.46. The fraction of sp³-hybridized carbons (Fsp3) is 0.400. The van der Waals surface area contributed by atoms with Gasteiger partial charge in [0.2, 0.25) is 5.75 Å². The van der Waals surface area contributed by atoms with Gasteiger partial charge in [-0.05, 0) is 18.6 Å². The zero-order valence-electron chi connectivity index (χ0n) is 11.0. The molecule has 1 aromatic carbocycles. The van der Waals surface area contributed by atoms with Crippen LogP contribution in [0, 0.1) is 0 Å². The Morgan fingerprint density at radius 2 is 2.00 bits per heavy atom. The van der Waals surface area contributed by atoms with Crippen LogP contribution in [0.15, 0.2) is 33.5 Å². The van der Waals surface area contributed by atoms with Gasteiger partial charge in [-0.3, -0.25) is 0 Å². The van der Waals surface area contributed by atoms with Gasteiger partial charge >= 0.3 is 5.63 Å². The van der Waals surface area contributed by atoms with Crippen LogP contribution >= 0.6 is 0 Å². The minimum absolute atomic E-state index is 0.0878. The van der Waals surface area contributed by atoms with Crippen molar-refractivity contribution in [2.45, 2.75) is 32.6 Å². The van der Waals surface area contributed by atoms with E-state index < -0.39 is 5.63 Å². The molecule has 0 unspecified atom stereocenters. The molecule has 0 saturated carbocycles. The average molecular weight is 262 g/mol. The summed E-state index contributed by atoms with van der Waals surface area (Å²) in [4.78, 5) is 11.7. The van der Waals surface area contributed by atoms with Crippen molar-refractivity contribution in [1.29, 1.82) is 0 Å². The second-order valence-corrected chi connectivity index (χ2v) is 4.47. The summed E-state index contributed by atoms with van der Waals surface area (Å²) in [5.41, 5.74) is -0.268. The van der Waals surface area contributed by atoms with Crippen LogP contribution in [-0.2, 0) is 0 Å². The first kappa shape index (κ1) is 13.5. The van der Waals surface area contributed by atoms with Crippen molar-refractivity contribution in [3.63, 3.8) is 0 Å². The Labute approximate surface area is 111 Å². The topological polar surface area (TPSA) is 59.7 Å². The van der Waals surface area contributed by atoms with E-state index in [0.717, 1.165) is 25.7 Å². The fourth-order valence-corrected chi connectivity index (χ4v) is 1.95. The highest BCUT2D eigenvalue weighted by molar-refractivity contribution is 5.84. The van der Waals surface area contributed by atoms with Gasteiger partial charge in [0.1, 0.15) is 5.58 Å². The van der Waals surface area contributed by atoms with Gasteiger partial charge < -0.3 is 14.3 Å². The largest absolute Gasteiger partial charge is 0.504 e. The molecule has 1 heterocycles. The zero-order chi connectivity index (χ0) is 13.7. The van der Waals surface area contributed by atoms with E-state index in [4.69, 9.17) is 9.15 Å². The summed E-state index contributed by atoms with van der Waals surface area (Å²) in [6.45, 7) is 2.54. The van der Waals surface area contributed by atoms with E-state index in [1.807, 2.05) is 0 Å². The Hall–Kier alpha value is -1.97. The lowest BCUT2D eigenvalue weighted by Crippen LogP contribution is -2.08. The molecule has 0 atom stereocenters. The third kappa shape index (κ3) is 3.08. The molecule has 1 N–H and O–H groups in total. The average Bonchev–Trinajstić information content (AvgIpc) is 2.42. The van der Waals surface area contributed by atoms with E-state index in [1.54, 1.807) is 24.3 Å². The van der Waals surface area contributed by atoms with Crippen LogP contribution in [0.3, 0.4) is 0 Å². The Balaban J connectivity index is 2.16. The van der Waals surface area contributed by atoms with Crippen LogP contribution in [0.1, 0.15) is 32.6 Å². The molecule has 4 nitrogen and oxygen atoms in total. The highest BCUT2D eigenvalue weighted by atomic mass is 16.5. The molecule has 0 spiro atoms. The third-order valence-corrected chi connectivity index (χ3v) is 2.99. The number of unbranched alkanes of at least 4 members (excludes halogenated alkanes) is 3. The summed E-state index contributed by atoms with van der Waals surface area (Å²) >= 11 is 0. The molecule has 0 radical (unpaired) electrons. The van der Waals surface area contributed by atoms with Crippen molar-refractivity contribution >= 4 is 11.0 Å². The first-order chi connectivity index (χ1) is 9.24. The minimum atomic E-state index is -0.633. The highest BCUT2D eigenvalue weighted by Crippen LogP contribution is 2.30. The van der Waals surface area contributed by atoms with Crippen molar-refractivity contribution in [2.24, 2.45) is 0 Å². The van der Waals surface area contributed by atoms with Gasteiger partial charge in [-0.1, -0.05) is 38.3 Å². The lowest BCUT2D eigenvalue weighted by Gasteiger charge is -2.08. The zero-order valence-corrected chi connectivity index (χ0v) is 11.0. The molecule has 0 amide bonds. The fourth-order valence-electron chi connectivity index (χ4n) is 1.95. The van der Waals surface area contributed by atoms with E-state index in [-0.39, 0.29) is 11.5 Å². The summed E-state index contributed by atoms with van der Waals surface area (Å²) in [5, 5.41) is 10.5. The number of para-hydroxylation sites is 1. The molecular weight excluding hydrogens is 244 g/mol. The number of hydrogen-bond acceptors (Lipinski definition) is 4. The molecule has 0 fully saturated rings. The molecule has 0 aliphatic heterocycles. The van der Waals surface area contributed by atoms with Crippen LogP contribution in [0.4, 0.5) is 0 Å². The van der Waals surface area contributed by atoms with Gasteiger partial charge in [0.25, 0.3) is 0 Å². The molecular formula is C15H18O4. The first-order valence-corrected chi connectivity index (χ1v) is 6.61. The van der Waals surface area contributed by atoms with Gasteiger partial charge in [-0.25, -0.2) is 4.79 Å². The van der Waals surface area contributed by atoms with Gasteiger partial charge in [0, 0.05) is 0 Å². The van der Waals surface area contributed by atoms with Crippen LogP contribution in [0.25, 0.3) is 11.0 Å². The van der Waals surface area contributed by atoms with E-state index in [2.05, 4.69) is 6.92 Å². The van der Waals surface area contributed by atoms with Crippen LogP contribution in [-0.4, -0.2) is 11.7 Å². The second kappa shape index (κ2) is 6.27. The quantitative estimate of drug-likeness (QED) is 0.639. The maximum Gasteiger partial charge on any atom is 0.383 e. The standard InChI is InChI=1S/C15H18O4/c1-2-3-4-7-10-18-14-13(16)11-8-5-6-9-12(11)19-15(14)17/h5-6,8-9,16H,2-4,7,10H2,1H3. The van der Waals surface area contributed by atoms with Gasteiger partial charge in [0.05, 0.1) is 12.0 Å². The van der Waals surface area contributed by atoms with Crippen molar-refractivity contribution in [3.05, 3.63) is 34.7 Å². The second-order valence-electron chi connectivity index (χ2n) is 4.47. The highest BCUT2D eigenvalue weighted by Gasteiger charge is 2.14. The van der Waals surface area contributed by atoms with E-state index >= 15 is 0 Å². The van der Waals surface area contributed by atoms with Gasteiger partial charge in [0.15, 0.2) is 5.75 Å². The van der Waals surface area contributed by atoms with E-state index in [1.165, 1.54) is 0 Å². The van der Waals surface area contributed by atoms with Crippen LogP contribution < -0.4 is 10.4 Å². The number of ether oxygens (including phenoxy) is 1. The van der Waals surface area contributed by atoms with Crippen LogP contribution in [0.5, 0.6) is 11.5 Å². The number of aromatic hydroxyl groups is 1. The van der Waals surface area contributed by atoms with E-state index in [9.17, 15) is 9.90 Å². The van der Waals surface area contributed by atoms with Crippen molar-refractivity contribution < 1.29 is 14.3 Å². The number of benzene rings is 1. The number of fused-ring (bicyclic) bond motifs is 1. The van der Waals surface area contributed by atoms with Crippen molar-refractivity contribution in [1.82, 2.24) is 0 Å². The predicted molar refractivity (Wildman–Crippen MR) is 73.8 cm³/mol. The lowest BCUT2D eigenvalue weighted by molar-refractivity contribution is 0.276. The minimum Gasteiger partial charge on any atom is -0.504 e. The Morgan fingerprint density at radius 1 is 1.21 bits per heavy atom. The summed E-state index contributed by atoms with van der Waals surface area (Å²) < 4.78 is 10.5. The lowest BCUT2D eigenvalue weighted by atomic mass is 10.2.